The maximum Gasteiger partial charge on any atom is 0.100 e. The smallest absolute Gasteiger partial charge is 0.100 e. The number of benzene rings is 1. The monoisotopic (exact) mass is 254 g/mol. The van der Waals surface area contributed by atoms with E-state index in [1.807, 2.05) is 6.07 Å². The van der Waals surface area contributed by atoms with E-state index >= 15 is 0 Å². The summed E-state index contributed by atoms with van der Waals surface area (Å²) in [6.45, 7) is 1.62. The molecule has 74 valence electrons. The van der Waals surface area contributed by atoms with Gasteiger partial charge in [-0.2, -0.15) is 5.26 Å². The average Bonchev–Trinajstić information content (AvgIpc) is 2.17. The molecule has 0 saturated heterocycles. The van der Waals surface area contributed by atoms with E-state index < -0.39 is 12.1 Å². The Morgan fingerprint density at radius 2 is 2.21 bits per heavy atom. The number of nitrogens with two attached hydrogens (primary N) is 1. The minimum Gasteiger partial charge on any atom is -0.391 e. The summed E-state index contributed by atoms with van der Waals surface area (Å²) in [6.07, 6.45) is -0.639. The predicted molar refractivity (Wildman–Crippen MR) is 57.5 cm³/mol. The van der Waals surface area contributed by atoms with E-state index in [1.165, 1.54) is 0 Å². The average molecular weight is 255 g/mol. The van der Waals surface area contributed by atoms with Crippen molar-refractivity contribution in [1.29, 1.82) is 5.26 Å². The van der Waals surface area contributed by atoms with Gasteiger partial charge in [0.1, 0.15) is 6.07 Å². The van der Waals surface area contributed by atoms with Crippen LogP contribution in [0.25, 0.3) is 0 Å². The van der Waals surface area contributed by atoms with E-state index in [2.05, 4.69) is 15.9 Å². The molecule has 0 unspecified atom stereocenters. The van der Waals surface area contributed by atoms with Crippen molar-refractivity contribution in [3.8, 4) is 6.07 Å². The van der Waals surface area contributed by atoms with Crippen molar-refractivity contribution in [2.45, 2.75) is 19.1 Å². The van der Waals surface area contributed by atoms with Crippen molar-refractivity contribution in [3.05, 3.63) is 33.8 Å². The maximum absolute atomic E-state index is 9.33. The highest BCUT2D eigenvalue weighted by atomic mass is 79.9. The molecule has 0 fully saturated rings. The summed E-state index contributed by atoms with van der Waals surface area (Å²) in [5.74, 6) is 0. The molecule has 0 aromatic heterocycles. The molecule has 0 amide bonds. The van der Waals surface area contributed by atoms with Crippen molar-refractivity contribution < 1.29 is 5.11 Å². The molecule has 1 rings (SSSR count). The standard InChI is InChI=1S/C10H11BrN2O/c1-6(14)10(13)8-4-2-3-7(5-12)9(8)11/h2-4,6,10,14H,13H2,1H3/t6-,10+/m0/s1. The molecular formula is C10H11BrN2O. The largest absolute Gasteiger partial charge is 0.391 e. The van der Waals surface area contributed by atoms with Crippen molar-refractivity contribution in [3.63, 3.8) is 0 Å². The van der Waals surface area contributed by atoms with Gasteiger partial charge in [-0.1, -0.05) is 12.1 Å². The number of aliphatic hydroxyl groups is 1. The van der Waals surface area contributed by atoms with Crippen molar-refractivity contribution in [2.75, 3.05) is 0 Å². The van der Waals surface area contributed by atoms with Gasteiger partial charge in [0, 0.05) is 4.47 Å². The van der Waals surface area contributed by atoms with E-state index in [4.69, 9.17) is 11.0 Å². The number of hydrogen-bond acceptors (Lipinski definition) is 3. The quantitative estimate of drug-likeness (QED) is 0.844. The zero-order valence-electron chi connectivity index (χ0n) is 7.74. The van der Waals surface area contributed by atoms with E-state index in [-0.39, 0.29) is 0 Å². The molecule has 0 spiro atoms. The second kappa shape index (κ2) is 4.56. The molecule has 3 nitrogen and oxygen atoms in total. The van der Waals surface area contributed by atoms with Gasteiger partial charge in [-0.15, -0.1) is 0 Å². The summed E-state index contributed by atoms with van der Waals surface area (Å²) in [5.41, 5.74) is 7.05. The van der Waals surface area contributed by atoms with Crippen LogP contribution in [0.4, 0.5) is 0 Å². The molecule has 0 aliphatic rings. The number of halogens is 1. The van der Waals surface area contributed by atoms with E-state index in [0.29, 0.717) is 10.0 Å². The molecule has 14 heavy (non-hydrogen) atoms. The van der Waals surface area contributed by atoms with Crippen LogP contribution >= 0.6 is 15.9 Å². The minimum absolute atomic E-state index is 0.474. The lowest BCUT2D eigenvalue weighted by molar-refractivity contribution is 0.164. The lowest BCUT2D eigenvalue weighted by atomic mass is 10.0. The maximum atomic E-state index is 9.33. The fraction of sp³-hybridized carbons (Fsp3) is 0.300. The van der Waals surface area contributed by atoms with Crippen LogP contribution in [0.1, 0.15) is 24.1 Å². The minimum atomic E-state index is -0.639. The third-order valence-electron chi connectivity index (χ3n) is 2.03. The van der Waals surface area contributed by atoms with Gasteiger partial charge < -0.3 is 10.8 Å². The van der Waals surface area contributed by atoms with Crippen LogP contribution in [-0.4, -0.2) is 11.2 Å². The van der Waals surface area contributed by atoms with Crippen LogP contribution in [0.3, 0.4) is 0 Å². The van der Waals surface area contributed by atoms with E-state index in [1.54, 1.807) is 25.1 Å². The van der Waals surface area contributed by atoms with Crippen LogP contribution in [-0.2, 0) is 0 Å². The summed E-state index contributed by atoms with van der Waals surface area (Å²) in [5, 5.41) is 18.1. The van der Waals surface area contributed by atoms with E-state index in [9.17, 15) is 5.11 Å². The first-order valence-electron chi connectivity index (χ1n) is 4.20. The molecular weight excluding hydrogens is 244 g/mol. The summed E-state index contributed by atoms with van der Waals surface area (Å²) >= 11 is 3.30. The van der Waals surface area contributed by atoms with Gasteiger partial charge in [-0.3, -0.25) is 0 Å². The molecule has 3 N–H and O–H groups in total. The Labute approximate surface area is 91.3 Å². The zero-order chi connectivity index (χ0) is 10.7. The SMILES string of the molecule is C[C@H](O)[C@@H](N)c1cccc(C#N)c1Br. The second-order valence-corrected chi connectivity index (χ2v) is 3.88. The molecule has 1 aromatic carbocycles. The first-order valence-corrected chi connectivity index (χ1v) is 4.99. The van der Waals surface area contributed by atoms with Crippen molar-refractivity contribution in [2.24, 2.45) is 5.73 Å². The summed E-state index contributed by atoms with van der Waals surface area (Å²) < 4.78 is 0.663. The number of hydrogen-bond donors (Lipinski definition) is 2. The third-order valence-corrected chi connectivity index (χ3v) is 2.91. The van der Waals surface area contributed by atoms with Gasteiger partial charge in [-0.05, 0) is 34.5 Å². The Kier molecular flexibility index (Phi) is 3.64. The molecule has 0 bridgehead atoms. The van der Waals surface area contributed by atoms with Crippen molar-refractivity contribution in [1.82, 2.24) is 0 Å². The Bertz CT molecular complexity index is 371. The number of nitrogens with zero attached hydrogens (tertiary/aromatic N) is 1. The highest BCUT2D eigenvalue weighted by Crippen LogP contribution is 2.26. The van der Waals surface area contributed by atoms with Gasteiger partial charge in [0.25, 0.3) is 0 Å². The summed E-state index contributed by atoms with van der Waals surface area (Å²) in [7, 11) is 0. The zero-order valence-corrected chi connectivity index (χ0v) is 9.32. The van der Waals surface area contributed by atoms with Crippen LogP contribution < -0.4 is 5.73 Å². The van der Waals surface area contributed by atoms with Gasteiger partial charge >= 0.3 is 0 Å². The van der Waals surface area contributed by atoms with Crippen LogP contribution in [0.5, 0.6) is 0 Å². The number of aliphatic hydroxyl groups excluding tert-OH is 1. The molecule has 0 aliphatic heterocycles. The lowest BCUT2D eigenvalue weighted by Crippen LogP contribution is -2.23. The second-order valence-electron chi connectivity index (χ2n) is 3.09. The first-order chi connectivity index (χ1) is 6.57. The molecule has 0 radical (unpaired) electrons. The Hall–Kier alpha value is -0.890. The van der Waals surface area contributed by atoms with Gasteiger partial charge in [0.2, 0.25) is 0 Å². The molecule has 1 aromatic rings. The highest BCUT2D eigenvalue weighted by molar-refractivity contribution is 9.10. The van der Waals surface area contributed by atoms with Gasteiger partial charge in [0.15, 0.2) is 0 Å². The number of nitriles is 1. The summed E-state index contributed by atoms with van der Waals surface area (Å²) in [6, 6.07) is 6.81. The topological polar surface area (TPSA) is 70.0 Å². The fourth-order valence-electron chi connectivity index (χ4n) is 1.15. The molecule has 0 heterocycles. The van der Waals surface area contributed by atoms with Crippen LogP contribution in [0.15, 0.2) is 22.7 Å². The Morgan fingerprint density at radius 1 is 1.57 bits per heavy atom. The Balaban J connectivity index is 3.17. The predicted octanol–water partition coefficient (Wildman–Crippen LogP) is 1.70. The van der Waals surface area contributed by atoms with Gasteiger partial charge in [-0.25, -0.2) is 0 Å². The molecule has 4 heteroatoms. The normalized spacial score (nSPS) is 14.5. The highest BCUT2D eigenvalue weighted by Gasteiger charge is 2.16. The lowest BCUT2D eigenvalue weighted by Gasteiger charge is -2.16. The summed E-state index contributed by atoms with van der Waals surface area (Å²) in [4.78, 5) is 0. The fourth-order valence-corrected chi connectivity index (χ4v) is 1.77. The van der Waals surface area contributed by atoms with E-state index in [0.717, 1.165) is 5.56 Å². The Morgan fingerprint density at radius 3 is 2.71 bits per heavy atom. The van der Waals surface area contributed by atoms with Crippen LogP contribution in [0.2, 0.25) is 0 Å². The van der Waals surface area contributed by atoms with Crippen LogP contribution in [0, 0.1) is 11.3 Å². The third kappa shape index (κ3) is 2.13. The molecule has 0 saturated carbocycles. The molecule has 0 aliphatic carbocycles. The number of rotatable bonds is 2. The first kappa shape index (κ1) is 11.2. The molecule has 2 atom stereocenters. The van der Waals surface area contributed by atoms with Crippen molar-refractivity contribution >= 4 is 15.9 Å². The van der Waals surface area contributed by atoms with Gasteiger partial charge in [0.05, 0.1) is 17.7 Å².